The number of rotatable bonds is 6. The number of hydrogen-bond acceptors (Lipinski definition) is 4. The second kappa shape index (κ2) is 9.40. The lowest BCUT2D eigenvalue weighted by Crippen LogP contribution is -2.51. The van der Waals surface area contributed by atoms with Gasteiger partial charge in [-0.05, 0) is 38.1 Å². The molecule has 1 fully saturated rings. The van der Waals surface area contributed by atoms with E-state index in [4.69, 9.17) is 0 Å². The van der Waals surface area contributed by atoms with Gasteiger partial charge in [0.25, 0.3) is 11.8 Å². The molecule has 0 aliphatic carbocycles. The maximum atomic E-state index is 12.6. The quantitative estimate of drug-likeness (QED) is 0.759. The predicted molar refractivity (Wildman–Crippen MR) is 116 cm³/mol. The first-order valence-electron chi connectivity index (χ1n) is 9.95. The first-order chi connectivity index (χ1) is 14.3. The third-order valence-electron chi connectivity index (χ3n) is 5.18. The number of carbonyl (C=O) groups is 2. The lowest BCUT2D eigenvalue weighted by Gasteiger charge is -2.34. The number of hydrogen-bond donors (Lipinski definition) is 1. The zero-order valence-electron chi connectivity index (χ0n) is 17.3. The smallest absolute Gasteiger partial charge is 0.253 e. The molecule has 0 spiro atoms. The van der Waals surface area contributed by atoms with E-state index < -0.39 is 10.0 Å². The fraction of sp³-hybridized carbons (Fsp3) is 0.364. The summed E-state index contributed by atoms with van der Waals surface area (Å²) in [5, 5.41) is 2.66. The Kier molecular flexibility index (Phi) is 6.89. The SMILES string of the molecule is Cc1ccc(C(=O)NCCS(=O)(=O)N2CCN(C(=O)c3ccc(C)cc3)CC2)cc1. The Morgan fingerprint density at radius 2 is 1.33 bits per heavy atom. The molecule has 0 atom stereocenters. The predicted octanol–water partition coefficient (Wildman–Crippen LogP) is 1.82. The molecule has 0 unspecified atom stereocenters. The van der Waals surface area contributed by atoms with Crippen molar-refractivity contribution in [3.8, 4) is 0 Å². The van der Waals surface area contributed by atoms with Crippen molar-refractivity contribution in [2.75, 3.05) is 38.5 Å². The first-order valence-corrected chi connectivity index (χ1v) is 11.6. The fourth-order valence-corrected chi connectivity index (χ4v) is 4.62. The fourth-order valence-electron chi connectivity index (χ4n) is 3.28. The second-order valence-electron chi connectivity index (χ2n) is 7.50. The Morgan fingerprint density at radius 3 is 1.87 bits per heavy atom. The lowest BCUT2D eigenvalue weighted by atomic mass is 10.1. The Morgan fingerprint density at radius 1 is 0.833 bits per heavy atom. The van der Waals surface area contributed by atoms with Crippen molar-refractivity contribution in [2.24, 2.45) is 0 Å². The average Bonchev–Trinajstić information content (AvgIpc) is 2.74. The van der Waals surface area contributed by atoms with Crippen LogP contribution in [-0.2, 0) is 10.0 Å². The number of amides is 2. The Balaban J connectivity index is 1.48. The molecule has 2 aromatic carbocycles. The topological polar surface area (TPSA) is 86.8 Å². The zero-order valence-corrected chi connectivity index (χ0v) is 18.1. The van der Waals surface area contributed by atoms with Crippen LogP contribution in [0.5, 0.6) is 0 Å². The highest BCUT2D eigenvalue weighted by Gasteiger charge is 2.29. The monoisotopic (exact) mass is 429 g/mol. The van der Waals surface area contributed by atoms with Crippen molar-refractivity contribution < 1.29 is 18.0 Å². The van der Waals surface area contributed by atoms with Crippen LogP contribution in [0.2, 0.25) is 0 Å². The van der Waals surface area contributed by atoms with Crippen LogP contribution in [0.3, 0.4) is 0 Å². The van der Waals surface area contributed by atoms with Gasteiger partial charge in [-0.25, -0.2) is 8.42 Å². The van der Waals surface area contributed by atoms with E-state index in [0.717, 1.165) is 11.1 Å². The third kappa shape index (κ3) is 5.46. The van der Waals surface area contributed by atoms with Crippen LogP contribution >= 0.6 is 0 Å². The van der Waals surface area contributed by atoms with Crippen LogP contribution in [0.15, 0.2) is 48.5 Å². The van der Waals surface area contributed by atoms with E-state index >= 15 is 0 Å². The van der Waals surface area contributed by atoms with Crippen LogP contribution in [0, 0.1) is 13.8 Å². The van der Waals surface area contributed by atoms with Crippen LogP contribution in [-0.4, -0.2) is 67.9 Å². The van der Waals surface area contributed by atoms with Gasteiger partial charge in [-0.3, -0.25) is 9.59 Å². The largest absolute Gasteiger partial charge is 0.351 e. The number of nitrogens with one attached hydrogen (secondary N) is 1. The van der Waals surface area contributed by atoms with Gasteiger partial charge < -0.3 is 10.2 Å². The van der Waals surface area contributed by atoms with Gasteiger partial charge in [-0.2, -0.15) is 4.31 Å². The van der Waals surface area contributed by atoms with Gasteiger partial charge in [0.15, 0.2) is 0 Å². The minimum atomic E-state index is -3.51. The van der Waals surface area contributed by atoms with Crippen LogP contribution in [0.1, 0.15) is 31.8 Å². The van der Waals surface area contributed by atoms with Gasteiger partial charge in [0.2, 0.25) is 10.0 Å². The van der Waals surface area contributed by atoms with Crippen molar-refractivity contribution in [1.82, 2.24) is 14.5 Å². The molecule has 160 valence electrons. The average molecular weight is 430 g/mol. The molecule has 2 amide bonds. The molecule has 0 radical (unpaired) electrons. The van der Waals surface area contributed by atoms with Crippen LogP contribution in [0.4, 0.5) is 0 Å². The number of aryl methyl sites for hydroxylation is 2. The molecule has 1 aliphatic heterocycles. The Labute approximate surface area is 177 Å². The van der Waals surface area contributed by atoms with Crippen molar-refractivity contribution in [2.45, 2.75) is 13.8 Å². The van der Waals surface area contributed by atoms with Crippen molar-refractivity contribution in [1.29, 1.82) is 0 Å². The normalized spacial score (nSPS) is 15.1. The summed E-state index contributed by atoms with van der Waals surface area (Å²) in [6.45, 7) is 5.14. The summed E-state index contributed by atoms with van der Waals surface area (Å²) in [5.74, 6) is -0.549. The molecular formula is C22H27N3O4S. The molecule has 1 saturated heterocycles. The number of piperazine rings is 1. The molecular weight excluding hydrogens is 402 g/mol. The van der Waals surface area contributed by atoms with Gasteiger partial charge >= 0.3 is 0 Å². The van der Waals surface area contributed by atoms with Crippen LogP contribution in [0.25, 0.3) is 0 Å². The second-order valence-corrected chi connectivity index (χ2v) is 9.58. The van der Waals surface area contributed by atoms with Gasteiger partial charge in [-0.1, -0.05) is 35.4 Å². The number of nitrogens with zero attached hydrogens (tertiary/aromatic N) is 2. The van der Waals surface area contributed by atoms with Crippen molar-refractivity contribution >= 4 is 21.8 Å². The van der Waals surface area contributed by atoms with E-state index in [0.29, 0.717) is 24.2 Å². The lowest BCUT2D eigenvalue weighted by molar-refractivity contribution is 0.0697. The summed E-state index contributed by atoms with van der Waals surface area (Å²) >= 11 is 0. The summed E-state index contributed by atoms with van der Waals surface area (Å²) in [6.07, 6.45) is 0. The molecule has 1 N–H and O–H groups in total. The molecule has 7 nitrogen and oxygen atoms in total. The first kappa shape index (κ1) is 22.0. The maximum Gasteiger partial charge on any atom is 0.253 e. The Bertz CT molecular complexity index is 994. The molecule has 1 aliphatic rings. The van der Waals surface area contributed by atoms with Crippen molar-refractivity contribution in [3.05, 3.63) is 70.8 Å². The highest BCUT2D eigenvalue weighted by atomic mass is 32.2. The summed E-state index contributed by atoms with van der Waals surface area (Å²) in [7, 11) is -3.51. The minimum Gasteiger partial charge on any atom is -0.351 e. The zero-order chi connectivity index (χ0) is 21.7. The van der Waals surface area contributed by atoms with Gasteiger partial charge in [0.05, 0.1) is 5.75 Å². The molecule has 8 heteroatoms. The summed E-state index contributed by atoms with van der Waals surface area (Å²) in [4.78, 5) is 26.4. The number of sulfonamides is 1. The summed E-state index contributed by atoms with van der Waals surface area (Å²) < 4.78 is 26.6. The number of benzene rings is 2. The minimum absolute atomic E-state index is 0.0392. The highest BCUT2D eigenvalue weighted by molar-refractivity contribution is 7.89. The third-order valence-corrected chi connectivity index (χ3v) is 7.05. The molecule has 3 rings (SSSR count). The van der Waals surface area contributed by atoms with Gasteiger partial charge in [0, 0.05) is 43.9 Å². The number of carbonyl (C=O) groups excluding carboxylic acids is 2. The summed E-state index contributed by atoms with van der Waals surface area (Å²) in [6, 6.07) is 14.5. The van der Waals surface area contributed by atoms with E-state index in [2.05, 4.69) is 5.32 Å². The molecule has 0 bridgehead atoms. The molecule has 0 aromatic heterocycles. The summed E-state index contributed by atoms with van der Waals surface area (Å²) in [5.41, 5.74) is 3.24. The molecule has 1 heterocycles. The van der Waals surface area contributed by atoms with Crippen LogP contribution < -0.4 is 5.32 Å². The van der Waals surface area contributed by atoms with E-state index in [1.165, 1.54) is 4.31 Å². The van der Waals surface area contributed by atoms with E-state index in [1.807, 2.05) is 38.1 Å². The molecule has 2 aromatic rings. The molecule has 30 heavy (non-hydrogen) atoms. The van der Waals surface area contributed by atoms with Crippen molar-refractivity contribution in [3.63, 3.8) is 0 Å². The van der Waals surface area contributed by atoms with E-state index in [9.17, 15) is 18.0 Å². The maximum absolute atomic E-state index is 12.6. The Hall–Kier alpha value is -2.71. The standard InChI is InChI=1S/C22H27N3O4S/c1-17-3-7-19(8-4-17)21(26)23-11-16-30(28,29)25-14-12-24(13-15-25)22(27)20-9-5-18(2)6-10-20/h3-10H,11-16H2,1-2H3,(H,23,26). The van der Waals surface area contributed by atoms with E-state index in [1.54, 1.807) is 29.2 Å². The van der Waals surface area contributed by atoms with Gasteiger partial charge in [-0.15, -0.1) is 0 Å². The highest BCUT2D eigenvalue weighted by Crippen LogP contribution is 2.13. The van der Waals surface area contributed by atoms with E-state index in [-0.39, 0.29) is 37.2 Å². The molecule has 0 saturated carbocycles. The van der Waals surface area contributed by atoms with Gasteiger partial charge in [0.1, 0.15) is 0 Å².